The van der Waals surface area contributed by atoms with Crippen LogP contribution >= 0.6 is 0 Å². The molecule has 0 unspecified atom stereocenters. The van der Waals surface area contributed by atoms with E-state index in [0.717, 1.165) is 30.6 Å². The summed E-state index contributed by atoms with van der Waals surface area (Å²) in [5.74, 6) is 0.202. The molecular formula is C26H39NO4. The highest BCUT2D eigenvalue weighted by Crippen LogP contribution is 2.25. The molecule has 1 heterocycles. The molecule has 0 spiro atoms. The number of aryl methyl sites for hydroxylation is 1. The number of aromatic nitrogens is 1. The van der Waals surface area contributed by atoms with Crippen LogP contribution < -0.4 is 10.2 Å². The van der Waals surface area contributed by atoms with Crippen molar-refractivity contribution in [3.05, 3.63) is 39.7 Å². The molecule has 0 aliphatic heterocycles. The summed E-state index contributed by atoms with van der Waals surface area (Å²) in [5, 5.41) is 0.498. The van der Waals surface area contributed by atoms with Crippen LogP contribution in [0.2, 0.25) is 0 Å². The van der Waals surface area contributed by atoms with Crippen LogP contribution in [0.5, 0.6) is 5.75 Å². The summed E-state index contributed by atoms with van der Waals surface area (Å²) in [4.78, 5) is 27.6. The monoisotopic (exact) mass is 429 g/mol. The van der Waals surface area contributed by atoms with Gasteiger partial charge in [0.15, 0.2) is 0 Å². The first kappa shape index (κ1) is 25.0. The maximum atomic E-state index is 12.7. The zero-order valence-corrected chi connectivity index (χ0v) is 19.6. The number of unbranched alkanes of at least 4 members (excludes halogenated alkanes) is 9. The fourth-order valence-corrected chi connectivity index (χ4v) is 3.92. The van der Waals surface area contributed by atoms with E-state index in [1.807, 2.05) is 12.1 Å². The van der Waals surface area contributed by atoms with Gasteiger partial charge in [-0.3, -0.25) is 4.79 Å². The Labute approximate surface area is 186 Å². The van der Waals surface area contributed by atoms with Gasteiger partial charge in [-0.25, -0.2) is 4.79 Å². The zero-order chi connectivity index (χ0) is 22.5. The van der Waals surface area contributed by atoms with E-state index in [2.05, 4.69) is 18.8 Å². The van der Waals surface area contributed by atoms with Crippen LogP contribution in [-0.4, -0.2) is 24.7 Å². The highest BCUT2D eigenvalue weighted by Gasteiger charge is 2.15. The minimum Gasteiger partial charge on any atom is -0.493 e. The summed E-state index contributed by atoms with van der Waals surface area (Å²) >= 11 is 0. The molecule has 0 aliphatic carbocycles. The van der Waals surface area contributed by atoms with Gasteiger partial charge in [0.05, 0.1) is 19.2 Å². The molecule has 31 heavy (non-hydrogen) atoms. The maximum Gasteiger partial charge on any atom is 0.343 e. The SMILES string of the molecule is CCCCCCCCCCCCOc1cc2[nH]cc(C(=O)OC)c(=O)c2cc1CCC. The van der Waals surface area contributed by atoms with E-state index in [-0.39, 0.29) is 11.0 Å². The summed E-state index contributed by atoms with van der Waals surface area (Å²) in [7, 11) is 1.28. The Morgan fingerprint density at radius 3 is 2.16 bits per heavy atom. The number of nitrogens with one attached hydrogen (secondary N) is 1. The molecular weight excluding hydrogens is 390 g/mol. The Balaban J connectivity index is 1.89. The van der Waals surface area contributed by atoms with E-state index in [0.29, 0.717) is 17.5 Å². The second-order valence-electron chi connectivity index (χ2n) is 8.31. The number of carbonyl (C=O) groups is 1. The molecule has 2 rings (SSSR count). The highest BCUT2D eigenvalue weighted by molar-refractivity contribution is 5.93. The number of pyridine rings is 1. The van der Waals surface area contributed by atoms with Gasteiger partial charge in [0.2, 0.25) is 5.43 Å². The van der Waals surface area contributed by atoms with Crippen LogP contribution in [0, 0.1) is 0 Å². The average molecular weight is 430 g/mol. The Bertz CT molecular complexity index is 872. The standard InChI is InChI=1S/C26H39NO4/c1-4-6-7-8-9-10-11-12-13-14-16-31-24-18-23-21(17-20(24)15-5-2)25(28)22(19-27-23)26(29)30-3/h17-19H,4-16H2,1-3H3,(H,27,28). The first-order chi connectivity index (χ1) is 15.1. The third-order valence-electron chi connectivity index (χ3n) is 5.74. The van der Waals surface area contributed by atoms with E-state index in [1.54, 1.807) is 0 Å². The topological polar surface area (TPSA) is 68.4 Å². The number of hydrogen-bond acceptors (Lipinski definition) is 4. The van der Waals surface area contributed by atoms with Crippen LogP contribution in [0.1, 0.15) is 100 Å². The van der Waals surface area contributed by atoms with E-state index in [9.17, 15) is 9.59 Å². The second kappa shape index (κ2) is 13.9. The number of aromatic amines is 1. The predicted molar refractivity (Wildman–Crippen MR) is 127 cm³/mol. The van der Waals surface area contributed by atoms with E-state index in [1.165, 1.54) is 71.1 Å². The van der Waals surface area contributed by atoms with Crippen LogP contribution in [-0.2, 0) is 11.2 Å². The number of fused-ring (bicyclic) bond motifs is 1. The molecule has 1 N–H and O–H groups in total. The minimum absolute atomic E-state index is 0.0245. The van der Waals surface area contributed by atoms with Crippen molar-refractivity contribution in [3.63, 3.8) is 0 Å². The van der Waals surface area contributed by atoms with Crippen molar-refractivity contribution >= 4 is 16.9 Å². The molecule has 172 valence electrons. The highest BCUT2D eigenvalue weighted by atomic mass is 16.5. The Hall–Kier alpha value is -2.30. The van der Waals surface area contributed by atoms with Crippen LogP contribution in [0.4, 0.5) is 0 Å². The molecule has 0 aliphatic rings. The number of benzene rings is 1. The lowest BCUT2D eigenvalue weighted by molar-refractivity contribution is 0.0599. The Morgan fingerprint density at radius 2 is 1.55 bits per heavy atom. The van der Waals surface area contributed by atoms with Crippen molar-refractivity contribution in [1.82, 2.24) is 4.98 Å². The number of carbonyl (C=O) groups excluding carboxylic acids is 1. The van der Waals surface area contributed by atoms with Gasteiger partial charge in [0, 0.05) is 17.6 Å². The van der Waals surface area contributed by atoms with Crippen molar-refractivity contribution in [2.24, 2.45) is 0 Å². The molecule has 1 aromatic heterocycles. The summed E-state index contributed by atoms with van der Waals surface area (Å²) in [6, 6.07) is 3.75. The lowest BCUT2D eigenvalue weighted by Gasteiger charge is -2.13. The van der Waals surface area contributed by atoms with Crippen molar-refractivity contribution < 1.29 is 14.3 Å². The fourth-order valence-electron chi connectivity index (χ4n) is 3.92. The van der Waals surface area contributed by atoms with Gasteiger partial charge in [-0.2, -0.15) is 0 Å². The first-order valence-corrected chi connectivity index (χ1v) is 12.0. The van der Waals surface area contributed by atoms with Gasteiger partial charge in [-0.15, -0.1) is 0 Å². The number of esters is 1. The normalized spacial score (nSPS) is 11.1. The molecule has 0 atom stereocenters. The Morgan fingerprint density at radius 1 is 0.903 bits per heavy atom. The third-order valence-corrected chi connectivity index (χ3v) is 5.74. The molecule has 0 amide bonds. The number of hydrogen-bond donors (Lipinski definition) is 1. The predicted octanol–water partition coefficient (Wildman–Crippen LogP) is 6.57. The quantitative estimate of drug-likeness (QED) is 0.257. The van der Waals surface area contributed by atoms with Crippen molar-refractivity contribution in [2.45, 2.75) is 90.9 Å². The van der Waals surface area contributed by atoms with Crippen LogP contribution in [0.25, 0.3) is 10.9 Å². The number of methoxy groups -OCH3 is 1. The van der Waals surface area contributed by atoms with Crippen molar-refractivity contribution in [1.29, 1.82) is 0 Å². The minimum atomic E-state index is -0.624. The molecule has 0 saturated carbocycles. The van der Waals surface area contributed by atoms with Gasteiger partial charge in [0.1, 0.15) is 11.3 Å². The van der Waals surface area contributed by atoms with Crippen LogP contribution in [0.15, 0.2) is 23.1 Å². The fraction of sp³-hybridized carbons (Fsp3) is 0.615. The molecule has 0 fully saturated rings. The molecule has 1 aromatic carbocycles. The summed E-state index contributed by atoms with van der Waals surface area (Å²) < 4.78 is 10.8. The lowest BCUT2D eigenvalue weighted by atomic mass is 10.0. The summed E-state index contributed by atoms with van der Waals surface area (Å²) in [6.07, 6.45) is 16.1. The second-order valence-corrected chi connectivity index (χ2v) is 8.31. The zero-order valence-electron chi connectivity index (χ0n) is 19.6. The van der Waals surface area contributed by atoms with Gasteiger partial charge in [0.25, 0.3) is 0 Å². The molecule has 5 heteroatoms. The molecule has 0 bridgehead atoms. The number of rotatable bonds is 15. The maximum absolute atomic E-state index is 12.7. The summed E-state index contributed by atoms with van der Waals surface area (Å²) in [5.41, 5.74) is 1.40. The summed E-state index contributed by atoms with van der Waals surface area (Å²) in [6.45, 7) is 5.04. The molecule has 0 radical (unpaired) electrons. The van der Waals surface area contributed by atoms with E-state index in [4.69, 9.17) is 9.47 Å². The van der Waals surface area contributed by atoms with Gasteiger partial charge < -0.3 is 14.5 Å². The van der Waals surface area contributed by atoms with Crippen molar-refractivity contribution in [2.75, 3.05) is 13.7 Å². The third kappa shape index (κ3) is 7.71. The first-order valence-electron chi connectivity index (χ1n) is 12.0. The van der Waals surface area contributed by atoms with E-state index >= 15 is 0 Å². The smallest absolute Gasteiger partial charge is 0.343 e. The van der Waals surface area contributed by atoms with Gasteiger partial charge >= 0.3 is 5.97 Å². The van der Waals surface area contributed by atoms with Crippen molar-refractivity contribution in [3.8, 4) is 5.75 Å². The number of H-pyrrole nitrogens is 1. The molecule has 2 aromatic rings. The number of ether oxygens (including phenoxy) is 2. The lowest BCUT2D eigenvalue weighted by Crippen LogP contribution is -2.17. The van der Waals surface area contributed by atoms with Crippen LogP contribution in [0.3, 0.4) is 0 Å². The largest absolute Gasteiger partial charge is 0.493 e. The molecule has 0 saturated heterocycles. The van der Waals surface area contributed by atoms with E-state index < -0.39 is 5.97 Å². The average Bonchev–Trinajstić information content (AvgIpc) is 2.78. The molecule has 5 nitrogen and oxygen atoms in total. The van der Waals surface area contributed by atoms with Gasteiger partial charge in [-0.1, -0.05) is 78.1 Å². The van der Waals surface area contributed by atoms with Gasteiger partial charge in [-0.05, 0) is 24.5 Å². The Kier molecular flexibility index (Phi) is 11.2.